The monoisotopic (exact) mass is 1320 g/mol. The summed E-state index contributed by atoms with van der Waals surface area (Å²) in [6.45, 7) is 7.17. The van der Waals surface area contributed by atoms with E-state index in [4.69, 9.17) is 37.0 Å². The zero-order valence-corrected chi connectivity index (χ0v) is 60.1. The lowest BCUT2D eigenvalue weighted by Crippen LogP contribution is -2.30. The van der Waals surface area contributed by atoms with Crippen LogP contribution in [-0.2, 0) is 65.4 Å². The molecule has 0 rings (SSSR count). The number of hydrogen-bond acceptors (Lipinski definition) is 15. The van der Waals surface area contributed by atoms with E-state index in [1.165, 1.54) is 180 Å². The first kappa shape index (κ1) is 88.1. The van der Waals surface area contributed by atoms with Crippen molar-refractivity contribution in [2.75, 3.05) is 39.6 Å². The molecule has 0 aliphatic carbocycles. The molecule has 0 aliphatic rings. The van der Waals surface area contributed by atoms with Crippen molar-refractivity contribution in [1.82, 2.24) is 0 Å². The Morgan fingerprint density at radius 1 is 0.311 bits per heavy atom. The van der Waals surface area contributed by atoms with Crippen LogP contribution in [0.2, 0.25) is 0 Å². The Morgan fingerprint density at radius 2 is 0.533 bits per heavy atom. The molecule has 0 aromatic heterocycles. The van der Waals surface area contributed by atoms with Gasteiger partial charge in [0.1, 0.15) is 19.3 Å². The van der Waals surface area contributed by atoms with E-state index in [9.17, 15) is 43.2 Å². The maximum atomic E-state index is 13.0. The van der Waals surface area contributed by atoms with Gasteiger partial charge >= 0.3 is 39.5 Å². The van der Waals surface area contributed by atoms with Crippen molar-refractivity contribution in [2.24, 2.45) is 5.92 Å². The Balaban J connectivity index is 5.19. The van der Waals surface area contributed by atoms with Crippen molar-refractivity contribution in [3.8, 4) is 0 Å². The first-order valence-corrected chi connectivity index (χ1v) is 40.2. The quantitative estimate of drug-likeness (QED) is 0.0222. The molecule has 0 saturated heterocycles. The molecule has 90 heavy (non-hydrogen) atoms. The summed E-state index contributed by atoms with van der Waals surface area (Å²) in [5, 5.41) is 10.6. The van der Waals surface area contributed by atoms with Crippen LogP contribution in [0.4, 0.5) is 0 Å². The third-order valence-corrected chi connectivity index (χ3v) is 18.8. The summed E-state index contributed by atoms with van der Waals surface area (Å²) in [5.74, 6) is -1.41. The molecule has 0 radical (unpaired) electrons. The molecule has 19 heteroatoms. The smallest absolute Gasteiger partial charge is 0.462 e. The normalized spacial score (nSPS) is 14.4. The summed E-state index contributed by atoms with van der Waals surface area (Å²) >= 11 is 0. The van der Waals surface area contributed by atoms with Crippen LogP contribution in [0, 0.1) is 5.92 Å². The van der Waals surface area contributed by atoms with E-state index in [1.54, 1.807) is 0 Å². The minimum absolute atomic E-state index is 0.103. The van der Waals surface area contributed by atoms with E-state index in [1.807, 2.05) is 0 Å². The second kappa shape index (κ2) is 64.4. The van der Waals surface area contributed by atoms with Crippen molar-refractivity contribution < 1.29 is 80.2 Å². The first-order valence-electron chi connectivity index (χ1n) is 37.2. The van der Waals surface area contributed by atoms with Gasteiger partial charge in [-0.05, 0) is 31.6 Å². The second-order valence-corrected chi connectivity index (χ2v) is 28.8. The predicted octanol–water partition coefficient (Wildman–Crippen LogP) is 20.5. The molecule has 534 valence electrons. The highest BCUT2D eigenvalue weighted by Gasteiger charge is 2.30. The van der Waals surface area contributed by atoms with E-state index in [0.29, 0.717) is 25.7 Å². The molecule has 0 aromatic carbocycles. The van der Waals surface area contributed by atoms with Gasteiger partial charge < -0.3 is 33.8 Å². The fourth-order valence-corrected chi connectivity index (χ4v) is 12.4. The molecular formula is C71H138O17P2. The maximum absolute atomic E-state index is 13.0. The Bertz CT molecular complexity index is 1740. The Labute approximate surface area is 549 Å². The van der Waals surface area contributed by atoms with Crippen molar-refractivity contribution in [3.05, 3.63) is 0 Å². The van der Waals surface area contributed by atoms with Crippen molar-refractivity contribution in [3.63, 3.8) is 0 Å². The lowest BCUT2D eigenvalue weighted by molar-refractivity contribution is -0.161. The summed E-state index contributed by atoms with van der Waals surface area (Å²) < 4.78 is 68.2. The molecule has 0 aliphatic heterocycles. The van der Waals surface area contributed by atoms with Crippen LogP contribution in [-0.4, -0.2) is 96.7 Å². The summed E-state index contributed by atoms with van der Waals surface area (Å²) in [4.78, 5) is 72.4. The van der Waals surface area contributed by atoms with Crippen LogP contribution in [0.5, 0.6) is 0 Å². The van der Waals surface area contributed by atoms with Crippen LogP contribution >= 0.6 is 15.6 Å². The van der Waals surface area contributed by atoms with Crippen LogP contribution < -0.4 is 0 Å². The Kier molecular flexibility index (Phi) is 63.0. The van der Waals surface area contributed by atoms with Crippen molar-refractivity contribution in [2.45, 2.75) is 387 Å². The number of aliphatic hydroxyl groups is 1. The summed E-state index contributed by atoms with van der Waals surface area (Å²) in [6, 6.07) is 0. The fraction of sp³-hybridized carbons (Fsp3) is 0.944. The zero-order valence-electron chi connectivity index (χ0n) is 58.3. The minimum atomic E-state index is -4.95. The number of hydrogen-bond donors (Lipinski definition) is 3. The molecule has 6 atom stereocenters. The van der Waals surface area contributed by atoms with Gasteiger partial charge in [0.15, 0.2) is 12.2 Å². The fourth-order valence-electron chi connectivity index (χ4n) is 10.8. The number of phosphoric acid groups is 2. The molecule has 0 heterocycles. The van der Waals surface area contributed by atoms with Crippen LogP contribution in [0.25, 0.3) is 0 Å². The summed E-state index contributed by atoms with van der Waals surface area (Å²) in [7, 11) is -9.89. The van der Waals surface area contributed by atoms with E-state index in [0.717, 1.165) is 109 Å². The van der Waals surface area contributed by atoms with E-state index >= 15 is 0 Å². The van der Waals surface area contributed by atoms with Gasteiger partial charge in [-0.1, -0.05) is 317 Å². The van der Waals surface area contributed by atoms with Gasteiger partial charge in [-0.15, -0.1) is 0 Å². The summed E-state index contributed by atoms with van der Waals surface area (Å²) in [5.41, 5.74) is 0. The number of rotatable bonds is 71. The third-order valence-electron chi connectivity index (χ3n) is 16.9. The van der Waals surface area contributed by atoms with Gasteiger partial charge in [-0.25, -0.2) is 9.13 Å². The number of carbonyl (C=O) groups is 4. The van der Waals surface area contributed by atoms with E-state index in [-0.39, 0.29) is 25.7 Å². The molecule has 0 amide bonds. The molecular weight excluding hydrogens is 1190 g/mol. The van der Waals surface area contributed by atoms with E-state index < -0.39 is 97.5 Å². The highest BCUT2D eigenvalue weighted by atomic mass is 31.2. The average Bonchev–Trinajstić information content (AvgIpc) is 3.65. The molecule has 3 unspecified atom stereocenters. The molecule has 0 spiro atoms. The summed E-state index contributed by atoms with van der Waals surface area (Å²) in [6.07, 6.45) is 51.6. The van der Waals surface area contributed by atoms with Crippen LogP contribution in [0.3, 0.4) is 0 Å². The van der Waals surface area contributed by atoms with Crippen LogP contribution in [0.1, 0.15) is 369 Å². The second-order valence-electron chi connectivity index (χ2n) is 25.9. The average molecular weight is 1330 g/mol. The zero-order chi connectivity index (χ0) is 66.3. The van der Waals surface area contributed by atoms with Gasteiger partial charge in [0, 0.05) is 25.7 Å². The first-order chi connectivity index (χ1) is 43.6. The topological polar surface area (TPSA) is 237 Å². The van der Waals surface area contributed by atoms with Crippen molar-refractivity contribution >= 4 is 39.5 Å². The predicted molar refractivity (Wildman–Crippen MR) is 363 cm³/mol. The van der Waals surface area contributed by atoms with Gasteiger partial charge in [0.25, 0.3) is 0 Å². The van der Waals surface area contributed by atoms with Gasteiger partial charge in [-0.3, -0.25) is 37.3 Å². The number of esters is 4. The highest BCUT2D eigenvalue weighted by molar-refractivity contribution is 7.47. The Morgan fingerprint density at radius 3 is 0.789 bits per heavy atom. The van der Waals surface area contributed by atoms with Gasteiger partial charge in [-0.2, -0.15) is 0 Å². The van der Waals surface area contributed by atoms with Crippen molar-refractivity contribution in [1.29, 1.82) is 0 Å². The van der Waals surface area contributed by atoms with Gasteiger partial charge in [0.2, 0.25) is 0 Å². The highest BCUT2D eigenvalue weighted by Crippen LogP contribution is 2.45. The number of carbonyl (C=O) groups excluding carboxylic acids is 4. The largest absolute Gasteiger partial charge is 0.472 e. The number of aliphatic hydroxyl groups excluding tert-OH is 1. The molecule has 0 bridgehead atoms. The lowest BCUT2D eigenvalue weighted by atomic mass is 10.00. The Hall–Kier alpha value is -1.94. The van der Waals surface area contributed by atoms with Gasteiger partial charge in [0.05, 0.1) is 26.4 Å². The number of phosphoric ester groups is 2. The maximum Gasteiger partial charge on any atom is 0.472 e. The standard InChI is InChI=1S/C71H138O17P2/c1-6-10-13-16-19-21-23-25-27-28-29-31-33-35-37-40-46-51-56-70(75)87-66(61-82-69(74)55-50-45-39-36-34-32-30-26-24-22-20-17-14-11-7-2)62-85-89(77,78)83-58-65(72)59-84-90(79,80)86-63-67(60-81-68(73)54-49-44-38-18-15-12-8-3)88-71(76)57-52-47-42-41-43-48-53-64(5)9-4/h64-67,72H,6-63H2,1-5H3,(H,77,78)(H,79,80)/t64?,65-,66-,67-/m1/s1. The molecule has 3 N–H and O–H groups in total. The third kappa shape index (κ3) is 63.5. The van der Waals surface area contributed by atoms with Crippen LogP contribution in [0.15, 0.2) is 0 Å². The molecule has 0 aromatic rings. The lowest BCUT2D eigenvalue weighted by Gasteiger charge is -2.21. The SMILES string of the molecule is CCCCCCCCCCCCCCCCCCCCC(=O)O[C@H](COC(=O)CCCCCCCCCCCCCCCCC)COP(=O)(O)OC[C@@H](O)COP(=O)(O)OC[C@@H](COC(=O)CCCCCCCCC)OC(=O)CCCCCCCCC(C)CC. The molecule has 0 fully saturated rings. The number of ether oxygens (including phenoxy) is 4. The number of unbranched alkanes of at least 4 members (excludes halogenated alkanes) is 42. The molecule has 17 nitrogen and oxygen atoms in total. The minimum Gasteiger partial charge on any atom is -0.462 e. The molecule has 0 saturated carbocycles. The van der Waals surface area contributed by atoms with E-state index in [2.05, 4.69) is 34.6 Å².